The molecule has 1 heterocycles. The molecule has 2 aromatic carbocycles. The first-order chi connectivity index (χ1) is 16.2. The average Bonchev–Trinajstić information content (AvgIpc) is 2.81. The Labute approximate surface area is 203 Å². The SMILES string of the molecule is CCOC(=O)c1c(SC(Cl)CF)nc2cc(F)c(F)cc2c1OC(C)=O.COc1ccccc1. The summed E-state index contributed by atoms with van der Waals surface area (Å²) < 4.78 is 53.8. The van der Waals surface area contributed by atoms with Crippen LogP contribution in [-0.4, -0.2) is 42.0 Å². The summed E-state index contributed by atoms with van der Waals surface area (Å²) in [6.45, 7) is 1.66. The number of alkyl halides is 2. The van der Waals surface area contributed by atoms with Gasteiger partial charge in [0.2, 0.25) is 0 Å². The van der Waals surface area contributed by atoms with Crippen LogP contribution >= 0.6 is 23.4 Å². The highest BCUT2D eigenvalue weighted by molar-refractivity contribution is 8.01. The summed E-state index contributed by atoms with van der Waals surface area (Å²) in [5.74, 6) is -3.59. The second-order valence-electron chi connectivity index (χ2n) is 6.42. The molecule has 0 spiro atoms. The van der Waals surface area contributed by atoms with E-state index in [0.717, 1.165) is 24.8 Å². The molecule has 0 saturated carbocycles. The number of halogens is 4. The van der Waals surface area contributed by atoms with E-state index in [0.29, 0.717) is 11.8 Å². The molecule has 0 radical (unpaired) electrons. The number of aromatic nitrogens is 1. The number of hydrogen-bond donors (Lipinski definition) is 0. The summed E-state index contributed by atoms with van der Waals surface area (Å²) in [7, 11) is 1.66. The topological polar surface area (TPSA) is 74.7 Å². The third-order valence-corrected chi connectivity index (χ3v) is 5.30. The van der Waals surface area contributed by atoms with Crippen molar-refractivity contribution in [2.24, 2.45) is 0 Å². The van der Waals surface area contributed by atoms with Gasteiger partial charge in [0.15, 0.2) is 17.4 Å². The summed E-state index contributed by atoms with van der Waals surface area (Å²) >= 11 is 6.43. The number of esters is 2. The van der Waals surface area contributed by atoms with Crippen LogP contribution in [0.15, 0.2) is 47.5 Å². The number of carbonyl (C=O) groups is 2. The molecule has 1 aromatic heterocycles. The standard InChI is InChI=1S/C16H13ClF3NO4S.C7H8O/c1-3-24-16(23)13-14(25-7(2)22)8-4-9(19)10(20)5-11(8)21-15(13)26-12(17)6-18;1-8-7-5-3-2-4-6-7/h4-5,12H,3,6H2,1-2H3;2-6H,1H3. The molecule has 34 heavy (non-hydrogen) atoms. The lowest BCUT2D eigenvalue weighted by Crippen LogP contribution is -2.14. The van der Waals surface area contributed by atoms with Crippen LogP contribution in [0.4, 0.5) is 13.2 Å². The Morgan fingerprint density at radius 1 is 1.15 bits per heavy atom. The number of fused-ring (bicyclic) bond motifs is 1. The molecule has 6 nitrogen and oxygen atoms in total. The Kier molecular flexibility index (Phi) is 10.5. The van der Waals surface area contributed by atoms with Crippen LogP contribution in [0.1, 0.15) is 24.2 Å². The molecular weight excluding hydrogens is 495 g/mol. The van der Waals surface area contributed by atoms with Crippen LogP contribution in [0, 0.1) is 11.6 Å². The lowest BCUT2D eigenvalue weighted by molar-refractivity contribution is -0.131. The molecule has 1 atom stereocenters. The van der Waals surface area contributed by atoms with E-state index >= 15 is 0 Å². The molecule has 0 N–H and O–H groups in total. The second kappa shape index (κ2) is 13.0. The molecule has 1 unspecified atom stereocenters. The summed E-state index contributed by atoms with van der Waals surface area (Å²) in [6.07, 6.45) is 0. The first-order valence-corrected chi connectivity index (χ1v) is 11.2. The van der Waals surface area contributed by atoms with E-state index in [1.807, 2.05) is 30.3 Å². The minimum absolute atomic E-state index is 0.00825. The first-order valence-electron chi connectivity index (χ1n) is 9.85. The molecule has 0 bridgehead atoms. The lowest BCUT2D eigenvalue weighted by Gasteiger charge is -2.16. The number of benzene rings is 2. The number of pyridine rings is 1. The van der Waals surface area contributed by atoms with E-state index in [4.69, 9.17) is 25.8 Å². The smallest absolute Gasteiger partial charge is 0.344 e. The minimum Gasteiger partial charge on any atom is -0.497 e. The van der Waals surface area contributed by atoms with E-state index in [2.05, 4.69) is 4.98 Å². The Balaban J connectivity index is 0.000000430. The molecule has 3 rings (SSSR count). The first kappa shape index (κ1) is 27.3. The molecule has 0 aliphatic carbocycles. The van der Waals surface area contributed by atoms with Gasteiger partial charge >= 0.3 is 11.9 Å². The highest BCUT2D eigenvalue weighted by Gasteiger charge is 2.27. The largest absolute Gasteiger partial charge is 0.497 e. The van der Waals surface area contributed by atoms with Gasteiger partial charge in [0.25, 0.3) is 0 Å². The third kappa shape index (κ3) is 7.26. The maximum Gasteiger partial charge on any atom is 0.344 e. The van der Waals surface area contributed by atoms with Crippen molar-refractivity contribution in [3.63, 3.8) is 0 Å². The van der Waals surface area contributed by atoms with E-state index < -0.39 is 35.0 Å². The normalized spacial score (nSPS) is 11.3. The van der Waals surface area contributed by atoms with Crippen LogP contribution in [0.2, 0.25) is 0 Å². The molecule has 11 heteroatoms. The Hall–Kier alpha value is -2.98. The van der Waals surface area contributed by atoms with Crippen LogP contribution in [-0.2, 0) is 9.53 Å². The predicted molar refractivity (Wildman–Crippen MR) is 123 cm³/mol. The maximum absolute atomic E-state index is 13.7. The molecule has 0 saturated heterocycles. The van der Waals surface area contributed by atoms with Gasteiger partial charge in [-0.15, -0.1) is 11.6 Å². The van der Waals surface area contributed by atoms with Crippen molar-refractivity contribution in [3.8, 4) is 11.5 Å². The number of hydrogen-bond acceptors (Lipinski definition) is 7. The van der Waals surface area contributed by atoms with Crippen molar-refractivity contribution >= 4 is 46.2 Å². The van der Waals surface area contributed by atoms with Gasteiger partial charge in [0, 0.05) is 18.4 Å². The summed E-state index contributed by atoms with van der Waals surface area (Å²) in [4.78, 5) is 27.9. The number of thioether (sulfide) groups is 1. The van der Waals surface area contributed by atoms with Gasteiger partial charge in [0.1, 0.15) is 27.7 Å². The molecule has 0 fully saturated rings. The van der Waals surface area contributed by atoms with Gasteiger partial charge in [-0.3, -0.25) is 4.79 Å². The van der Waals surface area contributed by atoms with Gasteiger partial charge in [-0.1, -0.05) is 30.0 Å². The highest BCUT2D eigenvalue weighted by Crippen LogP contribution is 2.39. The fraction of sp³-hybridized carbons (Fsp3) is 0.261. The van der Waals surface area contributed by atoms with E-state index in [1.165, 1.54) is 0 Å². The van der Waals surface area contributed by atoms with Crippen LogP contribution < -0.4 is 9.47 Å². The molecular formula is C23H21ClF3NO5S. The zero-order chi connectivity index (χ0) is 25.3. The molecule has 182 valence electrons. The zero-order valence-electron chi connectivity index (χ0n) is 18.4. The van der Waals surface area contributed by atoms with Gasteiger partial charge in [-0.05, 0) is 25.1 Å². The van der Waals surface area contributed by atoms with Crippen molar-refractivity contribution in [3.05, 3.63) is 59.7 Å². The maximum atomic E-state index is 13.7. The van der Waals surface area contributed by atoms with Crippen LogP contribution in [0.5, 0.6) is 11.5 Å². The fourth-order valence-corrected chi connectivity index (χ4v) is 3.64. The molecule has 0 amide bonds. The average molecular weight is 516 g/mol. The number of rotatable bonds is 7. The Morgan fingerprint density at radius 2 is 1.79 bits per heavy atom. The van der Waals surface area contributed by atoms with Gasteiger partial charge in [-0.25, -0.2) is 22.9 Å². The third-order valence-electron chi connectivity index (χ3n) is 4.01. The van der Waals surface area contributed by atoms with Crippen molar-refractivity contribution < 1.29 is 37.0 Å². The van der Waals surface area contributed by atoms with Crippen molar-refractivity contribution in [2.75, 3.05) is 20.4 Å². The summed E-state index contributed by atoms with van der Waals surface area (Å²) in [5.41, 5.74) is -0.414. The summed E-state index contributed by atoms with van der Waals surface area (Å²) in [6, 6.07) is 11.2. The van der Waals surface area contributed by atoms with Crippen molar-refractivity contribution in [1.82, 2.24) is 4.98 Å². The number of nitrogens with zero attached hydrogens (tertiary/aromatic N) is 1. The predicted octanol–water partition coefficient (Wildman–Crippen LogP) is 5.94. The number of carbonyl (C=O) groups excluding carboxylic acids is 2. The molecule has 0 aliphatic heterocycles. The fourth-order valence-electron chi connectivity index (χ4n) is 2.64. The van der Waals surface area contributed by atoms with E-state index in [-0.39, 0.29) is 33.8 Å². The Morgan fingerprint density at radius 3 is 2.32 bits per heavy atom. The van der Waals surface area contributed by atoms with Gasteiger partial charge in [-0.2, -0.15) is 0 Å². The van der Waals surface area contributed by atoms with Crippen molar-refractivity contribution in [1.29, 1.82) is 0 Å². The monoisotopic (exact) mass is 515 g/mol. The quantitative estimate of drug-likeness (QED) is 0.219. The van der Waals surface area contributed by atoms with Crippen LogP contribution in [0.3, 0.4) is 0 Å². The number of para-hydroxylation sites is 1. The van der Waals surface area contributed by atoms with E-state index in [9.17, 15) is 22.8 Å². The number of ether oxygens (including phenoxy) is 3. The highest BCUT2D eigenvalue weighted by atomic mass is 35.5. The summed E-state index contributed by atoms with van der Waals surface area (Å²) in [5, 5.41) is -0.242. The minimum atomic E-state index is -1.22. The lowest BCUT2D eigenvalue weighted by atomic mass is 10.1. The Bertz CT molecular complexity index is 1150. The zero-order valence-corrected chi connectivity index (χ0v) is 20.0. The van der Waals surface area contributed by atoms with Crippen molar-refractivity contribution in [2.45, 2.75) is 23.6 Å². The molecule has 3 aromatic rings. The van der Waals surface area contributed by atoms with Gasteiger partial charge < -0.3 is 14.2 Å². The van der Waals surface area contributed by atoms with E-state index in [1.54, 1.807) is 14.0 Å². The van der Waals surface area contributed by atoms with Crippen LogP contribution in [0.25, 0.3) is 10.9 Å². The molecule has 0 aliphatic rings. The second-order valence-corrected chi connectivity index (χ2v) is 8.40. The van der Waals surface area contributed by atoms with Gasteiger partial charge in [0.05, 0.1) is 19.2 Å². The number of methoxy groups -OCH3 is 1.